The standard InChI is InChI=1S/C10H14N4O6/c11-8(18)4-5(9(12)19)14(2-13-4)10-7(17)6(16)3(1-15)20-10/h2-3,6-7,10,15-17H,1H2,(H2,11,18)(H2,12,19)/t3-,6-,7-,10+/m1/s1. The van der Waals surface area contributed by atoms with Gasteiger partial charge in [-0.1, -0.05) is 0 Å². The first-order valence-corrected chi connectivity index (χ1v) is 5.67. The molecule has 1 aliphatic rings. The molecule has 1 aromatic rings. The van der Waals surface area contributed by atoms with Gasteiger partial charge in [0.15, 0.2) is 11.9 Å². The Labute approximate surface area is 112 Å². The Morgan fingerprint density at radius 1 is 1.30 bits per heavy atom. The molecule has 0 bridgehead atoms. The third-order valence-electron chi connectivity index (χ3n) is 3.05. The van der Waals surface area contributed by atoms with Gasteiger partial charge in [-0.15, -0.1) is 0 Å². The van der Waals surface area contributed by atoms with E-state index in [0.717, 1.165) is 10.9 Å². The topological polar surface area (TPSA) is 174 Å². The van der Waals surface area contributed by atoms with Gasteiger partial charge in [-0.3, -0.25) is 14.2 Å². The predicted molar refractivity (Wildman–Crippen MR) is 62.3 cm³/mol. The predicted octanol–water partition coefficient (Wildman–Crippen LogP) is -3.31. The molecule has 10 nitrogen and oxygen atoms in total. The Morgan fingerprint density at radius 2 is 1.95 bits per heavy atom. The Hall–Kier alpha value is -2.01. The molecule has 0 spiro atoms. The second-order valence-electron chi connectivity index (χ2n) is 4.31. The number of hydrogen-bond acceptors (Lipinski definition) is 7. The number of imidazole rings is 1. The van der Waals surface area contributed by atoms with Gasteiger partial charge in [-0.25, -0.2) is 4.98 Å². The number of aliphatic hydroxyl groups is 3. The highest BCUT2D eigenvalue weighted by molar-refractivity contribution is 6.03. The molecule has 0 unspecified atom stereocenters. The summed E-state index contributed by atoms with van der Waals surface area (Å²) in [6, 6.07) is 0. The number of hydrogen-bond donors (Lipinski definition) is 5. The van der Waals surface area contributed by atoms with Gasteiger partial charge >= 0.3 is 0 Å². The van der Waals surface area contributed by atoms with Crippen molar-refractivity contribution < 1.29 is 29.6 Å². The van der Waals surface area contributed by atoms with Crippen LogP contribution in [0.15, 0.2) is 6.33 Å². The minimum absolute atomic E-state index is 0.340. The van der Waals surface area contributed by atoms with Gasteiger partial charge < -0.3 is 31.5 Å². The van der Waals surface area contributed by atoms with Crippen LogP contribution in [0, 0.1) is 0 Å². The van der Waals surface area contributed by atoms with E-state index >= 15 is 0 Å². The van der Waals surface area contributed by atoms with Gasteiger partial charge in [0.2, 0.25) is 0 Å². The van der Waals surface area contributed by atoms with Gasteiger partial charge in [-0.2, -0.15) is 0 Å². The van der Waals surface area contributed by atoms with Crippen LogP contribution in [0.2, 0.25) is 0 Å². The lowest BCUT2D eigenvalue weighted by Gasteiger charge is -2.17. The first kappa shape index (κ1) is 14.4. The lowest BCUT2D eigenvalue weighted by atomic mass is 10.1. The van der Waals surface area contributed by atoms with Gasteiger partial charge in [0, 0.05) is 0 Å². The number of aliphatic hydroxyl groups excluding tert-OH is 3. The molecule has 7 N–H and O–H groups in total. The van der Waals surface area contributed by atoms with E-state index < -0.39 is 43.0 Å². The van der Waals surface area contributed by atoms with E-state index in [-0.39, 0.29) is 11.4 Å². The zero-order valence-corrected chi connectivity index (χ0v) is 10.2. The molecule has 20 heavy (non-hydrogen) atoms. The zero-order chi connectivity index (χ0) is 15.0. The maximum Gasteiger partial charge on any atom is 0.269 e. The molecular formula is C10H14N4O6. The molecule has 0 saturated carbocycles. The maximum absolute atomic E-state index is 11.4. The molecule has 2 amide bonds. The number of ether oxygens (including phenoxy) is 1. The summed E-state index contributed by atoms with van der Waals surface area (Å²) < 4.78 is 6.22. The summed E-state index contributed by atoms with van der Waals surface area (Å²) in [5, 5.41) is 28.5. The number of carbonyl (C=O) groups is 2. The van der Waals surface area contributed by atoms with E-state index in [1.54, 1.807) is 0 Å². The van der Waals surface area contributed by atoms with Crippen molar-refractivity contribution in [2.45, 2.75) is 24.5 Å². The minimum Gasteiger partial charge on any atom is -0.394 e. The van der Waals surface area contributed by atoms with Crippen molar-refractivity contribution in [3.05, 3.63) is 17.7 Å². The molecule has 1 saturated heterocycles. The lowest BCUT2D eigenvalue weighted by Crippen LogP contribution is -2.34. The number of amides is 2. The average Bonchev–Trinajstić information content (AvgIpc) is 2.93. The van der Waals surface area contributed by atoms with Crippen LogP contribution in [-0.4, -0.2) is 61.6 Å². The van der Waals surface area contributed by atoms with Gasteiger partial charge in [0.05, 0.1) is 12.9 Å². The number of nitrogens with two attached hydrogens (primary N) is 2. The highest BCUT2D eigenvalue weighted by atomic mass is 16.6. The van der Waals surface area contributed by atoms with E-state index in [4.69, 9.17) is 21.3 Å². The number of nitrogens with zero attached hydrogens (tertiary/aromatic N) is 2. The Balaban J connectivity index is 2.44. The molecule has 110 valence electrons. The van der Waals surface area contributed by atoms with Crippen molar-refractivity contribution in [1.82, 2.24) is 9.55 Å². The summed E-state index contributed by atoms with van der Waals surface area (Å²) in [6.45, 7) is -0.530. The third-order valence-corrected chi connectivity index (χ3v) is 3.05. The van der Waals surface area contributed by atoms with Crippen molar-refractivity contribution in [3.63, 3.8) is 0 Å². The summed E-state index contributed by atoms with van der Waals surface area (Å²) in [4.78, 5) is 26.2. The van der Waals surface area contributed by atoms with Crippen LogP contribution in [0.4, 0.5) is 0 Å². The van der Waals surface area contributed by atoms with E-state index in [1.807, 2.05) is 0 Å². The fourth-order valence-corrected chi connectivity index (χ4v) is 2.09. The normalized spacial score (nSPS) is 29.6. The van der Waals surface area contributed by atoms with Gasteiger partial charge in [0.25, 0.3) is 11.8 Å². The van der Waals surface area contributed by atoms with E-state index in [9.17, 15) is 19.8 Å². The molecule has 1 fully saturated rings. The van der Waals surface area contributed by atoms with Crippen LogP contribution in [0.5, 0.6) is 0 Å². The average molecular weight is 286 g/mol. The minimum atomic E-state index is -1.43. The van der Waals surface area contributed by atoms with Crippen LogP contribution >= 0.6 is 0 Å². The second kappa shape index (κ2) is 5.17. The smallest absolute Gasteiger partial charge is 0.269 e. The van der Waals surface area contributed by atoms with Crippen molar-refractivity contribution in [2.24, 2.45) is 11.5 Å². The molecule has 0 radical (unpaired) electrons. The Morgan fingerprint density at radius 3 is 2.40 bits per heavy atom. The van der Waals surface area contributed by atoms with Crippen molar-refractivity contribution in [2.75, 3.05) is 6.61 Å². The quantitative estimate of drug-likeness (QED) is 0.385. The number of rotatable bonds is 4. The van der Waals surface area contributed by atoms with Crippen LogP contribution in [-0.2, 0) is 4.74 Å². The summed E-state index contributed by atoms with van der Waals surface area (Å²) in [5.41, 5.74) is 9.51. The Kier molecular flexibility index (Phi) is 3.72. The molecular weight excluding hydrogens is 272 g/mol. The van der Waals surface area contributed by atoms with Crippen LogP contribution in [0.3, 0.4) is 0 Å². The van der Waals surface area contributed by atoms with Crippen LogP contribution in [0.1, 0.15) is 27.2 Å². The molecule has 0 aromatic carbocycles. The molecule has 1 aliphatic heterocycles. The van der Waals surface area contributed by atoms with Crippen molar-refractivity contribution in [1.29, 1.82) is 0 Å². The van der Waals surface area contributed by atoms with E-state index in [0.29, 0.717) is 0 Å². The SMILES string of the molecule is NC(=O)c1ncn([C@H]2O[C@H](CO)[C@@H](O)[C@H]2O)c1C(N)=O. The second-order valence-corrected chi connectivity index (χ2v) is 4.31. The van der Waals surface area contributed by atoms with Crippen molar-refractivity contribution in [3.8, 4) is 0 Å². The van der Waals surface area contributed by atoms with Crippen molar-refractivity contribution >= 4 is 11.8 Å². The first-order valence-electron chi connectivity index (χ1n) is 5.67. The van der Waals surface area contributed by atoms with Gasteiger partial charge in [-0.05, 0) is 0 Å². The highest BCUT2D eigenvalue weighted by Crippen LogP contribution is 2.30. The number of primary amides is 2. The van der Waals surface area contributed by atoms with Gasteiger partial charge in [0.1, 0.15) is 24.0 Å². The Bertz CT molecular complexity index is 544. The number of carbonyl (C=O) groups excluding carboxylic acids is 2. The van der Waals surface area contributed by atoms with Crippen LogP contribution < -0.4 is 11.5 Å². The highest BCUT2D eigenvalue weighted by Gasteiger charge is 2.44. The molecule has 10 heteroatoms. The molecule has 4 atom stereocenters. The fourth-order valence-electron chi connectivity index (χ4n) is 2.09. The maximum atomic E-state index is 11.4. The molecule has 1 aromatic heterocycles. The third kappa shape index (κ3) is 2.14. The monoisotopic (exact) mass is 286 g/mol. The number of aromatic nitrogens is 2. The summed E-state index contributed by atoms with van der Waals surface area (Å²) in [6.07, 6.45) is -3.99. The molecule has 2 rings (SSSR count). The molecule has 0 aliphatic carbocycles. The summed E-state index contributed by atoms with van der Waals surface area (Å²) >= 11 is 0. The zero-order valence-electron chi connectivity index (χ0n) is 10.2. The van der Waals surface area contributed by atoms with E-state index in [2.05, 4.69) is 4.98 Å². The molecule has 2 heterocycles. The summed E-state index contributed by atoms with van der Waals surface area (Å²) in [7, 11) is 0. The summed E-state index contributed by atoms with van der Waals surface area (Å²) in [5.74, 6) is -1.96. The fraction of sp³-hybridized carbons (Fsp3) is 0.500. The first-order chi connectivity index (χ1) is 9.38. The lowest BCUT2D eigenvalue weighted by molar-refractivity contribution is -0.0534. The largest absolute Gasteiger partial charge is 0.394 e. The van der Waals surface area contributed by atoms with Crippen LogP contribution in [0.25, 0.3) is 0 Å². The van der Waals surface area contributed by atoms with E-state index in [1.165, 1.54) is 0 Å².